The summed E-state index contributed by atoms with van der Waals surface area (Å²) in [5.41, 5.74) is 8.01. The lowest BCUT2D eigenvalue weighted by molar-refractivity contribution is -0.0501. The third kappa shape index (κ3) is 3.98. The Hall–Kier alpha value is -4.20. The second kappa shape index (κ2) is 7.98. The van der Waals surface area contributed by atoms with Crippen molar-refractivity contribution >= 4 is 32.6 Å². The molecule has 34 heavy (non-hydrogen) atoms. The first-order chi connectivity index (χ1) is 15.9. The maximum absolute atomic E-state index is 12.7. The fraction of sp³-hybridized carbons (Fsp3) is 0.100. The molecule has 1 aromatic carbocycles. The van der Waals surface area contributed by atoms with Gasteiger partial charge in [0.1, 0.15) is 0 Å². The molecule has 0 atom stereocenters. The number of nitrogens with one attached hydrogen (secondary N) is 1. The number of benzene rings is 1. The number of rotatable bonds is 5. The molecule has 3 heterocycles. The highest BCUT2D eigenvalue weighted by molar-refractivity contribution is 7.87. The van der Waals surface area contributed by atoms with E-state index in [-0.39, 0.29) is 22.8 Å². The molecule has 0 fully saturated rings. The van der Waals surface area contributed by atoms with Crippen molar-refractivity contribution in [2.75, 3.05) is 5.73 Å². The van der Waals surface area contributed by atoms with Gasteiger partial charge < -0.3 is 15.7 Å². The number of pyridine rings is 2. The van der Waals surface area contributed by atoms with E-state index in [9.17, 15) is 26.4 Å². The summed E-state index contributed by atoms with van der Waals surface area (Å²) >= 11 is 0. The summed E-state index contributed by atoms with van der Waals surface area (Å²) in [7, 11) is -5.94. The molecule has 0 saturated carbocycles. The molecule has 14 heteroatoms. The van der Waals surface area contributed by atoms with E-state index in [0.717, 1.165) is 11.6 Å². The molecule has 176 valence electrons. The zero-order chi connectivity index (χ0) is 24.8. The highest BCUT2D eigenvalue weighted by Gasteiger charge is 2.48. The molecular formula is C20H15F3N6O4S. The number of carbonyl (C=O) groups excluding carboxylic acids is 1. The Morgan fingerprint density at radius 2 is 1.85 bits per heavy atom. The van der Waals surface area contributed by atoms with Crippen LogP contribution in [0.5, 0.6) is 5.88 Å². The third-order valence-electron chi connectivity index (χ3n) is 4.86. The SMILES string of the molecule is Cc1ccc2[nH]ncc2c1-c1cc(-c2cccc(OS(=O)(=O)C(F)(F)F)n2)nc(C(N)=O)c1N. The van der Waals surface area contributed by atoms with Gasteiger partial charge in [0.05, 0.1) is 28.8 Å². The van der Waals surface area contributed by atoms with E-state index in [4.69, 9.17) is 11.5 Å². The molecule has 5 N–H and O–H groups in total. The molecule has 0 radical (unpaired) electrons. The van der Waals surface area contributed by atoms with Crippen LogP contribution in [0, 0.1) is 6.92 Å². The van der Waals surface area contributed by atoms with Crippen LogP contribution in [0.4, 0.5) is 18.9 Å². The third-order valence-corrected chi connectivity index (χ3v) is 5.82. The van der Waals surface area contributed by atoms with E-state index >= 15 is 0 Å². The first-order valence-electron chi connectivity index (χ1n) is 9.40. The monoisotopic (exact) mass is 492 g/mol. The number of aromatic amines is 1. The summed E-state index contributed by atoms with van der Waals surface area (Å²) in [6.07, 6.45) is 1.57. The van der Waals surface area contributed by atoms with Crippen molar-refractivity contribution in [1.29, 1.82) is 0 Å². The number of hydrogen-bond acceptors (Lipinski definition) is 8. The van der Waals surface area contributed by atoms with Crippen LogP contribution in [0.25, 0.3) is 33.4 Å². The predicted octanol–water partition coefficient (Wildman–Crippen LogP) is 2.90. The molecule has 4 aromatic rings. The highest BCUT2D eigenvalue weighted by Crippen LogP contribution is 2.38. The average Bonchev–Trinajstić information content (AvgIpc) is 3.22. The topological polar surface area (TPSA) is 167 Å². The summed E-state index contributed by atoms with van der Waals surface area (Å²) in [5.74, 6) is -1.80. The number of nitrogen functional groups attached to an aromatic ring is 1. The Kier molecular flexibility index (Phi) is 5.39. The molecule has 3 aromatic heterocycles. The minimum Gasteiger partial charge on any atom is -0.396 e. The van der Waals surface area contributed by atoms with Crippen LogP contribution in [0.1, 0.15) is 16.1 Å². The van der Waals surface area contributed by atoms with Gasteiger partial charge in [-0.2, -0.15) is 26.7 Å². The number of nitrogens with two attached hydrogens (primary N) is 2. The van der Waals surface area contributed by atoms with Crippen LogP contribution in [-0.4, -0.2) is 40.0 Å². The number of carbonyl (C=O) groups is 1. The van der Waals surface area contributed by atoms with Crippen LogP contribution in [0.15, 0.2) is 42.6 Å². The van der Waals surface area contributed by atoms with Gasteiger partial charge in [-0.25, -0.2) is 9.97 Å². The first-order valence-corrected chi connectivity index (χ1v) is 10.8. The second-order valence-electron chi connectivity index (χ2n) is 7.11. The Balaban J connectivity index is 1.91. The van der Waals surface area contributed by atoms with E-state index < -0.39 is 27.4 Å². The van der Waals surface area contributed by atoms with E-state index in [1.807, 2.05) is 0 Å². The van der Waals surface area contributed by atoms with Gasteiger partial charge in [-0.15, -0.1) is 0 Å². The lowest BCUT2D eigenvalue weighted by Gasteiger charge is -2.15. The number of alkyl halides is 3. The van der Waals surface area contributed by atoms with Gasteiger partial charge in [0.2, 0.25) is 5.88 Å². The van der Waals surface area contributed by atoms with Crippen LogP contribution in [0.2, 0.25) is 0 Å². The van der Waals surface area contributed by atoms with Crippen molar-refractivity contribution < 1.29 is 30.6 Å². The maximum Gasteiger partial charge on any atom is 0.534 e. The molecule has 0 aliphatic carbocycles. The van der Waals surface area contributed by atoms with Crippen molar-refractivity contribution in [1.82, 2.24) is 20.2 Å². The molecule has 0 unspecified atom stereocenters. The zero-order valence-corrected chi connectivity index (χ0v) is 18.0. The van der Waals surface area contributed by atoms with E-state index in [1.54, 1.807) is 25.3 Å². The van der Waals surface area contributed by atoms with E-state index in [1.165, 1.54) is 18.2 Å². The molecule has 10 nitrogen and oxygen atoms in total. The van der Waals surface area contributed by atoms with E-state index in [0.29, 0.717) is 22.0 Å². The Morgan fingerprint density at radius 1 is 1.12 bits per heavy atom. The number of fused-ring (bicyclic) bond motifs is 1. The normalized spacial score (nSPS) is 12.1. The number of aromatic nitrogens is 4. The number of H-pyrrole nitrogens is 1. The predicted molar refractivity (Wildman–Crippen MR) is 116 cm³/mol. The largest absolute Gasteiger partial charge is 0.534 e. The van der Waals surface area contributed by atoms with Gasteiger partial charge in [0.15, 0.2) is 5.69 Å². The first kappa shape index (κ1) is 23.0. The summed E-state index contributed by atoms with van der Waals surface area (Å²) in [5, 5.41) is 7.52. The smallest absolute Gasteiger partial charge is 0.396 e. The Labute approximate surface area is 189 Å². The van der Waals surface area contributed by atoms with Crippen molar-refractivity contribution in [3.8, 4) is 28.4 Å². The maximum atomic E-state index is 12.7. The van der Waals surface area contributed by atoms with Gasteiger partial charge >= 0.3 is 15.6 Å². The summed E-state index contributed by atoms with van der Waals surface area (Å²) < 4.78 is 64.8. The summed E-state index contributed by atoms with van der Waals surface area (Å²) in [6, 6.07) is 8.54. The molecule has 0 aliphatic heterocycles. The number of amides is 1. The number of aryl methyl sites for hydroxylation is 1. The van der Waals surface area contributed by atoms with Gasteiger partial charge in [-0.1, -0.05) is 12.1 Å². The fourth-order valence-corrected chi connectivity index (χ4v) is 3.74. The van der Waals surface area contributed by atoms with Gasteiger partial charge in [0, 0.05) is 17.0 Å². The molecule has 4 rings (SSSR count). The fourth-order valence-electron chi connectivity index (χ4n) is 3.33. The number of hydrogen-bond donors (Lipinski definition) is 3. The molecule has 0 spiro atoms. The van der Waals surface area contributed by atoms with Gasteiger partial charge in [0.25, 0.3) is 5.91 Å². The Bertz CT molecular complexity index is 1550. The van der Waals surface area contributed by atoms with Crippen molar-refractivity contribution in [2.24, 2.45) is 5.73 Å². The second-order valence-corrected chi connectivity index (χ2v) is 8.65. The van der Waals surface area contributed by atoms with Crippen molar-refractivity contribution in [3.05, 3.63) is 53.9 Å². The molecule has 0 saturated heterocycles. The van der Waals surface area contributed by atoms with Crippen molar-refractivity contribution in [3.63, 3.8) is 0 Å². The number of primary amides is 1. The zero-order valence-electron chi connectivity index (χ0n) is 17.2. The average molecular weight is 492 g/mol. The lowest BCUT2D eigenvalue weighted by Crippen LogP contribution is -2.28. The van der Waals surface area contributed by atoms with Crippen LogP contribution in [0.3, 0.4) is 0 Å². The minimum absolute atomic E-state index is 0.00671. The minimum atomic E-state index is -5.94. The summed E-state index contributed by atoms with van der Waals surface area (Å²) in [4.78, 5) is 20.0. The van der Waals surface area contributed by atoms with Crippen LogP contribution < -0.4 is 15.7 Å². The van der Waals surface area contributed by atoms with E-state index in [2.05, 4.69) is 24.3 Å². The summed E-state index contributed by atoms with van der Waals surface area (Å²) in [6.45, 7) is 1.81. The highest BCUT2D eigenvalue weighted by atomic mass is 32.2. The van der Waals surface area contributed by atoms with Crippen molar-refractivity contribution in [2.45, 2.75) is 12.4 Å². The molecule has 0 bridgehead atoms. The standard InChI is InChI=1S/C20H15F3N6O4S/c1-9-5-6-12-11(8-26-29-12)16(9)10-7-14(28-18(17(10)24)19(25)30)13-3-2-4-15(27-13)33-34(31,32)20(21,22)23/h2-8H,24H2,1H3,(H2,25,30)(H,26,29). The number of anilines is 1. The molecular weight excluding hydrogens is 477 g/mol. The van der Waals surface area contributed by atoms with Crippen LogP contribution in [-0.2, 0) is 10.1 Å². The van der Waals surface area contributed by atoms with Gasteiger partial charge in [-0.05, 0) is 36.2 Å². The molecule has 0 aliphatic rings. The number of nitrogens with zero attached hydrogens (tertiary/aromatic N) is 3. The lowest BCUT2D eigenvalue weighted by atomic mass is 9.94. The Morgan fingerprint density at radius 3 is 2.53 bits per heavy atom. The van der Waals surface area contributed by atoms with Gasteiger partial charge in [-0.3, -0.25) is 9.89 Å². The quantitative estimate of drug-likeness (QED) is 0.282. The van der Waals surface area contributed by atoms with Crippen LogP contribution >= 0.6 is 0 Å². The number of halogens is 3. The molecule has 1 amide bonds.